The maximum absolute atomic E-state index is 12.5. The van der Waals surface area contributed by atoms with E-state index in [-0.39, 0.29) is 24.2 Å². The lowest BCUT2D eigenvalue weighted by molar-refractivity contribution is -0.122. The van der Waals surface area contributed by atoms with Crippen LogP contribution in [0.2, 0.25) is 0 Å². The molecule has 1 saturated heterocycles. The summed E-state index contributed by atoms with van der Waals surface area (Å²) in [7, 11) is 0. The quantitative estimate of drug-likeness (QED) is 0.948. The third-order valence-electron chi connectivity index (χ3n) is 4.32. The van der Waals surface area contributed by atoms with Crippen molar-refractivity contribution in [3.63, 3.8) is 0 Å². The molecule has 1 N–H and O–H groups in total. The summed E-state index contributed by atoms with van der Waals surface area (Å²) >= 11 is 0. The lowest BCUT2D eigenvalue weighted by Gasteiger charge is -2.16. The maximum atomic E-state index is 12.5. The molecule has 0 aliphatic carbocycles. The van der Waals surface area contributed by atoms with Crippen LogP contribution in [0.25, 0.3) is 0 Å². The summed E-state index contributed by atoms with van der Waals surface area (Å²) in [6, 6.07) is 9.42. The Labute approximate surface area is 135 Å². The molecule has 5 nitrogen and oxygen atoms in total. The second kappa shape index (κ2) is 6.20. The Hall–Kier alpha value is -2.69. The molecule has 23 heavy (non-hydrogen) atoms. The van der Waals surface area contributed by atoms with Crippen molar-refractivity contribution in [2.24, 2.45) is 5.92 Å². The van der Waals surface area contributed by atoms with Crippen LogP contribution in [0.5, 0.6) is 0 Å². The van der Waals surface area contributed by atoms with Crippen molar-refractivity contribution < 1.29 is 9.59 Å². The van der Waals surface area contributed by atoms with Gasteiger partial charge in [-0.3, -0.25) is 14.6 Å². The standard InChI is InChI=1S/C18H19N3O2/c1-12-5-3-7-16(13(12)2)20-18(23)14-9-17(22)21(11-14)15-6-4-8-19-10-15/h3-8,10,14H,9,11H2,1-2H3,(H,20,23). The van der Waals surface area contributed by atoms with Gasteiger partial charge in [0.1, 0.15) is 0 Å². The molecule has 1 aromatic carbocycles. The van der Waals surface area contributed by atoms with Crippen molar-refractivity contribution in [1.29, 1.82) is 0 Å². The van der Waals surface area contributed by atoms with E-state index >= 15 is 0 Å². The highest BCUT2D eigenvalue weighted by molar-refractivity contribution is 6.03. The van der Waals surface area contributed by atoms with E-state index in [0.29, 0.717) is 6.54 Å². The fourth-order valence-electron chi connectivity index (χ4n) is 2.77. The molecule has 0 spiro atoms. The van der Waals surface area contributed by atoms with Crippen LogP contribution < -0.4 is 10.2 Å². The van der Waals surface area contributed by atoms with E-state index in [9.17, 15) is 9.59 Å². The number of pyridine rings is 1. The molecule has 1 fully saturated rings. The number of carbonyl (C=O) groups is 2. The van der Waals surface area contributed by atoms with Gasteiger partial charge in [-0.15, -0.1) is 0 Å². The largest absolute Gasteiger partial charge is 0.326 e. The smallest absolute Gasteiger partial charge is 0.229 e. The normalized spacial score (nSPS) is 17.4. The number of carbonyl (C=O) groups excluding carboxylic acids is 2. The molecular formula is C18H19N3O2. The maximum Gasteiger partial charge on any atom is 0.229 e. The van der Waals surface area contributed by atoms with Gasteiger partial charge in [-0.2, -0.15) is 0 Å². The number of benzene rings is 1. The molecule has 0 saturated carbocycles. The minimum Gasteiger partial charge on any atom is -0.326 e. The van der Waals surface area contributed by atoms with Gasteiger partial charge in [0.05, 0.1) is 17.8 Å². The molecule has 2 amide bonds. The summed E-state index contributed by atoms with van der Waals surface area (Å²) in [6.45, 7) is 4.38. The third kappa shape index (κ3) is 3.08. The Balaban J connectivity index is 1.72. The Bertz CT molecular complexity index is 743. The predicted octanol–water partition coefficient (Wildman–Crippen LogP) is 2.69. The predicted molar refractivity (Wildman–Crippen MR) is 89.2 cm³/mol. The monoisotopic (exact) mass is 309 g/mol. The van der Waals surface area contributed by atoms with Crippen LogP contribution in [0.3, 0.4) is 0 Å². The van der Waals surface area contributed by atoms with Crippen molar-refractivity contribution in [2.75, 3.05) is 16.8 Å². The molecule has 3 rings (SSSR count). The zero-order valence-corrected chi connectivity index (χ0v) is 13.2. The number of nitrogens with one attached hydrogen (secondary N) is 1. The van der Waals surface area contributed by atoms with Gasteiger partial charge in [0.15, 0.2) is 0 Å². The van der Waals surface area contributed by atoms with E-state index in [4.69, 9.17) is 0 Å². The van der Waals surface area contributed by atoms with E-state index < -0.39 is 0 Å². The highest BCUT2D eigenvalue weighted by Crippen LogP contribution is 2.26. The number of hydrogen-bond acceptors (Lipinski definition) is 3. The highest BCUT2D eigenvalue weighted by Gasteiger charge is 2.35. The van der Waals surface area contributed by atoms with Crippen LogP contribution in [0.15, 0.2) is 42.7 Å². The van der Waals surface area contributed by atoms with Gasteiger partial charge in [0, 0.05) is 24.8 Å². The number of hydrogen-bond donors (Lipinski definition) is 1. The molecule has 1 aliphatic rings. The summed E-state index contributed by atoms with van der Waals surface area (Å²) in [5.41, 5.74) is 3.72. The fraction of sp³-hybridized carbons (Fsp3) is 0.278. The summed E-state index contributed by atoms with van der Waals surface area (Å²) in [5.74, 6) is -0.500. The van der Waals surface area contributed by atoms with E-state index in [1.165, 1.54) is 0 Å². The second-order valence-electron chi connectivity index (χ2n) is 5.85. The number of aryl methyl sites for hydroxylation is 1. The van der Waals surface area contributed by atoms with Gasteiger partial charge in [0.25, 0.3) is 0 Å². The van der Waals surface area contributed by atoms with Gasteiger partial charge in [-0.25, -0.2) is 0 Å². The lowest BCUT2D eigenvalue weighted by atomic mass is 10.1. The van der Waals surface area contributed by atoms with E-state index in [1.807, 2.05) is 38.1 Å². The Morgan fingerprint density at radius 1 is 1.26 bits per heavy atom. The summed E-state index contributed by atoms with van der Waals surface area (Å²) in [5, 5.41) is 2.95. The van der Waals surface area contributed by atoms with Crippen LogP contribution in [0.1, 0.15) is 17.5 Å². The average Bonchev–Trinajstić information content (AvgIpc) is 2.95. The molecule has 0 bridgehead atoms. The fourth-order valence-corrected chi connectivity index (χ4v) is 2.77. The topological polar surface area (TPSA) is 62.3 Å². The first-order valence-electron chi connectivity index (χ1n) is 7.63. The summed E-state index contributed by atoms with van der Waals surface area (Å²) in [4.78, 5) is 30.3. The van der Waals surface area contributed by atoms with Crippen molar-refractivity contribution in [1.82, 2.24) is 4.98 Å². The Morgan fingerprint density at radius 3 is 2.83 bits per heavy atom. The van der Waals surface area contributed by atoms with Crippen molar-refractivity contribution in [3.8, 4) is 0 Å². The SMILES string of the molecule is Cc1cccc(NC(=O)C2CC(=O)N(c3cccnc3)C2)c1C. The van der Waals surface area contributed by atoms with Crippen LogP contribution in [0.4, 0.5) is 11.4 Å². The Kier molecular flexibility index (Phi) is 4.10. The molecule has 2 heterocycles. The van der Waals surface area contributed by atoms with Gasteiger partial charge >= 0.3 is 0 Å². The van der Waals surface area contributed by atoms with Crippen LogP contribution in [-0.4, -0.2) is 23.3 Å². The first kappa shape index (κ1) is 15.2. The van der Waals surface area contributed by atoms with E-state index in [2.05, 4.69) is 10.3 Å². The van der Waals surface area contributed by atoms with Crippen LogP contribution in [0, 0.1) is 19.8 Å². The second-order valence-corrected chi connectivity index (χ2v) is 5.85. The van der Waals surface area contributed by atoms with Crippen molar-refractivity contribution >= 4 is 23.2 Å². The van der Waals surface area contributed by atoms with Crippen LogP contribution >= 0.6 is 0 Å². The molecular weight excluding hydrogens is 290 g/mol. The minimum absolute atomic E-state index is 0.0425. The first-order chi connectivity index (χ1) is 11.1. The number of rotatable bonds is 3. The van der Waals surface area contributed by atoms with Crippen LogP contribution in [-0.2, 0) is 9.59 Å². The number of anilines is 2. The average molecular weight is 309 g/mol. The molecule has 1 aliphatic heterocycles. The number of amides is 2. The van der Waals surface area contributed by atoms with Gasteiger partial charge in [-0.1, -0.05) is 12.1 Å². The molecule has 118 valence electrons. The summed E-state index contributed by atoms with van der Waals surface area (Å²) in [6.07, 6.45) is 3.53. The van der Waals surface area contributed by atoms with Gasteiger partial charge < -0.3 is 10.2 Å². The number of nitrogens with zero attached hydrogens (tertiary/aromatic N) is 2. The van der Waals surface area contributed by atoms with E-state index in [0.717, 1.165) is 22.5 Å². The lowest BCUT2D eigenvalue weighted by Crippen LogP contribution is -2.28. The molecule has 1 unspecified atom stereocenters. The Morgan fingerprint density at radius 2 is 2.09 bits per heavy atom. The summed E-state index contributed by atoms with van der Waals surface area (Å²) < 4.78 is 0. The zero-order valence-electron chi connectivity index (χ0n) is 13.2. The third-order valence-corrected chi connectivity index (χ3v) is 4.32. The zero-order chi connectivity index (χ0) is 16.4. The van der Waals surface area contributed by atoms with Crippen molar-refractivity contribution in [3.05, 3.63) is 53.9 Å². The minimum atomic E-state index is -0.345. The first-order valence-corrected chi connectivity index (χ1v) is 7.63. The molecule has 5 heteroatoms. The molecule has 2 aromatic rings. The van der Waals surface area contributed by atoms with E-state index in [1.54, 1.807) is 23.4 Å². The highest BCUT2D eigenvalue weighted by atomic mass is 16.2. The molecule has 1 aromatic heterocycles. The molecule has 1 atom stereocenters. The number of aromatic nitrogens is 1. The van der Waals surface area contributed by atoms with Gasteiger partial charge in [0.2, 0.25) is 11.8 Å². The van der Waals surface area contributed by atoms with Crippen molar-refractivity contribution in [2.45, 2.75) is 20.3 Å². The molecule has 0 radical (unpaired) electrons. The van der Waals surface area contributed by atoms with Gasteiger partial charge in [-0.05, 0) is 43.2 Å².